The number of carboxylic acid groups (broad SMARTS) is 2. The molecule has 0 aliphatic carbocycles. The van der Waals surface area contributed by atoms with Gasteiger partial charge in [-0.25, -0.2) is 4.79 Å². The zero-order valence-electron chi connectivity index (χ0n) is 14.4. The van der Waals surface area contributed by atoms with Crippen LogP contribution >= 0.6 is 0 Å². The van der Waals surface area contributed by atoms with E-state index in [1.165, 1.54) is 0 Å². The molecule has 25 heavy (non-hydrogen) atoms. The van der Waals surface area contributed by atoms with Crippen molar-refractivity contribution in [1.82, 2.24) is 5.32 Å². The number of carboxylic acids is 2. The van der Waals surface area contributed by atoms with Crippen molar-refractivity contribution < 1.29 is 24.6 Å². The fourth-order valence-electron chi connectivity index (χ4n) is 2.59. The first-order valence-corrected chi connectivity index (χ1v) is 8.37. The minimum absolute atomic E-state index is 0.0972. The van der Waals surface area contributed by atoms with Gasteiger partial charge in [-0.1, -0.05) is 56.5 Å². The van der Waals surface area contributed by atoms with Gasteiger partial charge in [-0.2, -0.15) is 0 Å². The van der Waals surface area contributed by atoms with E-state index in [0.29, 0.717) is 6.42 Å². The summed E-state index contributed by atoms with van der Waals surface area (Å²) in [5.74, 6) is -3.12. The highest BCUT2D eigenvalue weighted by atomic mass is 16.4. The number of amides is 1. The van der Waals surface area contributed by atoms with Crippen LogP contribution in [0.3, 0.4) is 0 Å². The monoisotopic (exact) mass is 350 g/mol. The van der Waals surface area contributed by atoms with Crippen LogP contribution < -0.4 is 11.1 Å². The van der Waals surface area contributed by atoms with Gasteiger partial charge in [0.2, 0.25) is 5.91 Å². The molecule has 1 amide bonds. The molecule has 138 valence electrons. The normalized spacial score (nSPS) is 14.3. The molecule has 5 N–H and O–H groups in total. The summed E-state index contributed by atoms with van der Waals surface area (Å²) >= 11 is 0. The summed E-state index contributed by atoms with van der Waals surface area (Å²) in [6.07, 6.45) is 2.07. The highest BCUT2D eigenvalue weighted by Gasteiger charge is 2.38. The largest absolute Gasteiger partial charge is 0.481 e. The molecule has 1 aromatic carbocycles. The Balaban J connectivity index is 2.86. The lowest BCUT2D eigenvalue weighted by Gasteiger charge is -2.28. The van der Waals surface area contributed by atoms with E-state index in [2.05, 4.69) is 5.32 Å². The molecule has 0 aromatic heterocycles. The summed E-state index contributed by atoms with van der Waals surface area (Å²) in [4.78, 5) is 35.1. The molecule has 0 unspecified atom stereocenters. The summed E-state index contributed by atoms with van der Waals surface area (Å²) in [6.45, 7) is 1.98. The minimum Gasteiger partial charge on any atom is -0.481 e. The predicted octanol–water partition coefficient (Wildman–Crippen LogP) is 1.55. The summed E-state index contributed by atoms with van der Waals surface area (Å²) in [6, 6.07) is 7.71. The second kappa shape index (κ2) is 9.78. The Bertz CT molecular complexity index is 590. The van der Waals surface area contributed by atoms with Crippen LogP contribution in [0.4, 0.5) is 0 Å². The third-order valence-corrected chi connectivity index (χ3v) is 4.03. The van der Waals surface area contributed by atoms with Crippen molar-refractivity contribution in [3.63, 3.8) is 0 Å². The number of benzene rings is 1. The standard InChI is InChI=1S/C18H26N2O5/c1-2-3-7-10-18(19,12-15(21)22)17(25)20-14(16(23)24)11-13-8-5-4-6-9-13/h4-6,8-9,14H,2-3,7,10-12,19H2,1H3,(H,20,25)(H,21,22)(H,23,24)/t14-,18+/m1/s1. The molecule has 0 aliphatic rings. The lowest BCUT2D eigenvalue weighted by molar-refractivity contribution is -0.144. The van der Waals surface area contributed by atoms with Gasteiger partial charge in [0.15, 0.2) is 0 Å². The number of unbranched alkanes of at least 4 members (excludes halogenated alkanes) is 2. The van der Waals surface area contributed by atoms with E-state index in [0.717, 1.165) is 18.4 Å². The van der Waals surface area contributed by atoms with Gasteiger partial charge in [-0.05, 0) is 12.0 Å². The highest BCUT2D eigenvalue weighted by Crippen LogP contribution is 2.18. The van der Waals surface area contributed by atoms with E-state index >= 15 is 0 Å². The van der Waals surface area contributed by atoms with E-state index in [-0.39, 0.29) is 12.8 Å². The van der Waals surface area contributed by atoms with E-state index in [4.69, 9.17) is 10.8 Å². The molecule has 0 fully saturated rings. The van der Waals surface area contributed by atoms with Crippen LogP contribution in [0.1, 0.15) is 44.6 Å². The number of nitrogens with two attached hydrogens (primary N) is 1. The van der Waals surface area contributed by atoms with Crippen LogP contribution in [0, 0.1) is 0 Å². The zero-order valence-corrected chi connectivity index (χ0v) is 14.4. The van der Waals surface area contributed by atoms with Crippen molar-refractivity contribution in [2.24, 2.45) is 5.73 Å². The first kappa shape index (κ1) is 20.6. The minimum atomic E-state index is -1.62. The number of aliphatic carboxylic acids is 2. The maximum Gasteiger partial charge on any atom is 0.326 e. The zero-order chi connectivity index (χ0) is 18.9. The van der Waals surface area contributed by atoms with Gasteiger partial charge < -0.3 is 21.3 Å². The Morgan fingerprint density at radius 3 is 2.32 bits per heavy atom. The third-order valence-electron chi connectivity index (χ3n) is 4.03. The highest BCUT2D eigenvalue weighted by molar-refractivity contribution is 5.93. The van der Waals surface area contributed by atoms with Crippen LogP contribution in [0.2, 0.25) is 0 Å². The quantitative estimate of drug-likeness (QED) is 0.448. The van der Waals surface area contributed by atoms with Crippen molar-refractivity contribution in [3.8, 4) is 0 Å². The molecule has 2 atom stereocenters. The number of hydrogen-bond acceptors (Lipinski definition) is 4. The van der Waals surface area contributed by atoms with Crippen molar-refractivity contribution in [2.75, 3.05) is 0 Å². The molecule has 0 saturated carbocycles. The smallest absolute Gasteiger partial charge is 0.326 e. The van der Waals surface area contributed by atoms with Gasteiger partial charge in [0.25, 0.3) is 0 Å². The van der Waals surface area contributed by atoms with E-state index in [1.807, 2.05) is 13.0 Å². The average molecular weight is 350 g/mol. The van der Waals surface area contributed by atoms with Crippen LogP contribution in [0.15, 0.2) is 30.3 Å². The molecular formula is C18H26N2O5. The summed E-state index contributed by atoms with van der Waals surface area (Å²) in [5, 5.41) is 20.8. The van der Waals surface area contributed by atoms with Crippen LogP contribution in [-0.2, 0) is 20.8 Å². The molecule has 0 heterocycles. The van der Waals surface area contributed by atoms with Crippen LogP contribution in [0.5, 0.6) is 0 Å². The molecule has 0 spiro atoms. The van der Waals surface area contributed by atoms with E-state index in [1.54, 1.807) is 24.3 Å². The van der Waals surface area contributed by atoms with Crippen molar-refractivity contribution >= 4 is 17.8 Å². The van der Waals surface area contributed by atoms with E-state index in [9.17, 15) is 19.5 Å². The first-order valence-electron chi connectivity index (χ1n) is 8.37. The second-order valence-corrected chi connectivity index (χ2v) is 6.24. The Kier molecular flexibility index (Phi) is 8.07. The number of carbonyl (C=O) groups excluding carboxylic acids is 1. The van der Waals surface area contributed by atoms with Crippen molar-refractivity contribution in [3.05, 3.63) is 35.9 Å². The molecule has 1 rings (SSSR count). The lowest BCUT2D eigenvalue weighted by Crippen LogP contribution is -2.58. The topological polar surface area (TPSA) is 130 Å². The Morgan fingerprint density at radius 1 is 1.16 bits per heavy atom. The molecule has 7 heteroatoms. The number of carbonyl (C=O) groups is 3. The summed E-state index contributed by atoms with van der Waals surface area (Å²) in [5.41, 5.74) is 5.17. The number of nitrogens with one attached hydrogen (secondary N) is 1. The van der Waals surface area contributed by atoms with Crippen molar-refractivity contribution in [2.45, 2.75) is 57.0 Å². The maximum absolute atomic E-state index is 12.5. The molecule has 7 nitrogen and oxygen atoms in total. The fraction of sp³-hybridized carbons (Fsp3) is 0.500. The number of hydrogen-bond donors (Lipinski definition) is 4. The Morgan fingerprint density at radius 2 is 1.80 bits per heavy atom. The van der Waals surface area contributed by atoms with Gasteiger partial charge in [0.1, 0.15) is 11.6 Å². The second-order valence-electron chi connectivity index (χ2n) is 6.24. The molecular weight excluding hydrogens is 324 g/mol. The average Bonchev–Trinajstić information content (AvgIpc) is 2.54. The Labute approximate surface area is 147 Å². The fourth-order valence-corrected chi connectivity index (χ4v) is 2.59. The van der Waals surface area contributed by atoms with Crippen molar-refractivity contribution in [1.29, 1.82) is 0 Å². The van der Waals surface area contributed by atoms with Crippen LogP contribution in [0.25, 0.3) is 0 Å². The first-order chi connectivity index (χ1) is 11.8. The third kappa shape index (κ3) is 6.93. The summed E-state index contributed by atoms with van der Waals surface area (Å²) in [7, 11) is 0. The lowest BCUT2D eigenvalue weighted by atomic mass is 9.88. The Hall–Kier alpha value is -2.41. The predicted molar refractivity (Wildman–Crippen MR) is 93.0 cm³/mol. The molecule has 0 saturated heterocycles. The SMILES string of the molecule is CCCCC[C@](N)(CC(=O)O)C(=O)N[C@H](Cc1ccccc1)C(=O)O. The molecule has 0 radical (unpaired) electrons. The molecule has 0 aliphatic heterocycles. The summed E-state index contributed by atoms with van der Waals surface area (Å²) < 4.78 is 0. The molecule has 0 bridgehead atoms. The van der Waals surface area contributed by atoms with Gasteiger partial charge in [0, 0.05) is 6.42 Å². The van der Waals surface area contributed by atoms with Gasteiger partial charge in [-0.15, -0.1) is 0 Å². The van der Waals surface area contributed by atoms with Gasteiger partial charge in [0.05, 0.1) is 6.42 Å². The molecule has 1 aromatic rings. The van der Waals surface area contributed by atoms with Gasteiger partial charge in [-0.3, -0.25) is 9.59 Å². The number of rotatable bonds is 11. The van der Waals surface area contributed by atoms with Crippen LogP contribution in [-0.4, -0.2) is 39.6 Å². The maximum atomic E-state index is 12.5. The van der Waals surface area contributed by atoms with Gasteiger partial charge >= 0.3 is 11.9 Å². The van der Waals surface area contributed by atoms with E-state index < -0.39 is 35.8 Å².